The molecule has 2 aromatic carbocycles. The van der Waals surface area contributed by atoms with E-state index in [4.69, 9.17) is 14.6 Å². The van der Waals surface area contributed by atoms with Crippen LogP contribution in [0.25, 0.3) is 16.9 Å². The summed E-state index contributed by atoms with van der Waals surface area (Å²) in [5, 5.41) is 30.2. The summed E-state index contributed by atoms with van der Waals surface area (Å²) in [4.78, 5) is 38.2. The molecule has 5 aliphatic carbocycles. The zero-order valence-corrected chi connectivity index (χ0v) is 24.9. The van der Waals surface area contributed by atoms with Crippen molar-refractivity contribution in [2.45, 2.75) is 63.3 Å². The van der Waals surface area contributed by atoms with Crippen LogP contribution >= 0.6 is 0 Å². The lowest BCUT2D eigenvalue weighted by molar-refractivity contribution is -0.385. The van der Waals surface area contributed by atoms with Crippen molar-refractivity contribution in [3.05, 3.63) is 63.3 Å². The number of aromatic nitrogens is 2. The fraction of sp³-hybridized carbons (Fsp3) is 0.485. The van der Waals surface area contributed by atoms with Crippen LogP contribution in [0, 0.1) is 33.8 Å². The lowest BCUT2D eigenvalue weighted by Crippen LogP contribution is -2.67. The topological polar surface area (TPSA) is 146 Å². The number of amides is 1. The minimum atomic E-state index is -0.850. The molecule has 4 fully saturated rings. The highest BCUT2D eigenvalue weighted by atomic mass is 16.6. The number of nitrogens with one attached hydrogen (secondary N) is 1. The summed E-state index contributed by atoms with van der Waals surface area (Å²) in [5.41, 5.74) is 2.72. The maximum atomic E-state index is 14.1. The Hall–Kier alpha value is -4.41. The molecule has 1 aromatic heterocycles. The predicted molar refractivity (Wildman–Crippen MR) is 160 cm³/mol. The number of nitro groups is 1. The highest BCUT2D eigenvalue weighted by Crippen LogP contribution is 2.58. The maximum Gasteiger partial charge on any atom is 0.309 e. The van der Waals surface area contributed by atoms with E-state index in [0.717, 1.165) is 37.7 Å². The second-order valence-corrected chi connectivity index (χ2v) is 12.9. The minimum absolute atomic E-state index is 0.0663. The van der Waals surface area contributed by atoms with Crippen LogP contribution in [0.15, 0.2) is 36.4 Å². The van der Waals surface area contributed by atoms with Crippen LogP contribution in [-0.4, -0.2) is 51.4 Å². The predicted octanol–water partition coefficient (Wildman–Crippen LogP) is 5.35. The first-order valence-electron chi connectivity index (χ1n) is 15.4. The standard InChI is InChI=1S/C33H36N4O7/c1-43-27-8-5-9-28(44-2)29(27)26-15-23(35-36(26)24-10-11-25(37(41)42)22-7-4-3-6-21(22)24)31(38)34-33-16-18-12-19(17-33)14-20(13-18)30(33)32(39)40/h5,8-11,15,18-20,30H,3-4,6-7,12-14,16-17H2,1-2H3,(H,34,38)(H,39,40). The average Bonchev–Trinajstić information content (AvgIpc) is 3.44. The van der Waals surface area contributed by atoms with Crippen molar-refractivity contribution in [2.75, 3.05) is 14.2 Å². The van der Waals surface area contributed by atoms with Crippen molar-refractivity contribution in [1.82, 2.24) is 15.1 Å². The molecule has 3 aromatic rings. The molecule has 0 radical (unpaired) electrons. The third-order valence-corrected chi connectivity index (χ3v) is 10.5. The fourth-order valence-electron chi connectivity index (χ4n) is 9.11. The van der Waals surface area contributed by atoms with Crippen molar-refractivity contribution >= 4 is 17.6 Å². The van der Waals surface area contributed by atoms with Crippen molar-refractivity contribution in [2.24, 2.45) is 23.7 Å². The highest BCUT2D eigenvalue weighted by Gasteiger charge is 2.60. The first-order chi connectivity index (χ1) is 21.2. The van der Waals surface area contributed by atoms with Gasteiger partial charge in [-0.05, 0) is 105 Å². The van der Waals surface area contributed by atoms with Gasteiger partial charge in [0.2, 0.25) is 0 Å². The Morgan fingerprint density at radius 1 is 1.02 bits per heavy atom. The van der Waals surface area contributed by atoms with Gasteiger partial charge in [-0.3, -0.25) is 19.7 Å². The number of methoxy groups -OCH3 is 2. The van der Waals surface area contributed by atoms with E-state index in [2.05, 4.69) is 5.32 Å². The molecular weight excluding hydrogens is 564 g/mol. The monoisotopic (exact) mass is 600 g/mol. The average molecular weight is 601 g/mol. The molecule has 2 N–H and O–H groups in total. The van der Waals surface area contributed by atoms with Gasteiger partial charge in [0.25, 0.3) is 11.6 Å². The van der Waals surface area contributed by atoms with Crippen LogP contribution in [-0.2, 0) is 17.6 Å². The molecule has 4 bridgehead atoms. The summed E-state index contributed by atoms with van der Waals surface area (Å²) >= 11 is 0. The van der Waals surface area contributed by atoms with Gasteiger partial charge in [-0.1, -0.05) is 6.07 Å². The Bertz CT molecular complexity index is 1640. The quantitative estimate of drug-likeness (QED) is 0.260. The first-order valence-corrected chi connectivity index (χ1v) is 15.4. The number of hydrogen-bond donors (Lipinski definition) is 2. The second-order valence-electron chi connectivity index (χ2n) is 12.9. The normalized spacial score (nSPS) is 26.6. The molecule has 1 heterocycles. The summed E-state index contributed by atoms with van der Waals surface area (Å²) < 4.78 is 13.1. The van der Waals surface area contributed by atoms with E-state index in [1.165, 1.54) is 6.07 Å². The molecule has 44 heavy (non-hydrogen) atoms. The maximum absolute atomic E-state index is 14.1. The van der Waals surface area contributed by atoms with Crippen LogP contribution in [0.4, 0.5) is 5.69 Å². The van der Waals surface area contributed by atoms with Gasteiger partial charge < -0.3 is 19.9 Å². The number of carbonyl (C=O) groups excluding carboxylic acids is 1. The summed E-state index contributed by atoms with van der Waals surface area (Å²) in [5.74, 6) is 0.0235. The lowest BCUT2D eigenvalue weighted by atomic mass is 9.48. The summed E-state index contributed by atoms with van der Waals surface area (Å²) in [7, 11) is 3.11. The van der Waals surface area contributed by atoms with E-state index >= 15 is 0 Å². The van der Waals surface area contributed by atoms with Crippen molar-refractivity contribution in [3.63, 3.8) is 0 Å². The van der Waals surface area contributed by atoms with Crippen LogP contribution < -0.4 is 14.8 Å². The van der Waals surface area contributed by atoms with E-state index in [0.29, 0.717) is 71.5 Å². The molecule has 0 saturated heterocycles. The number of rotatable bonds is 8. The SMILES string of the molecule is COc1cccc(OC)c1-c1cc(C(=O)NC23CC4CC(CC(C4)C2C(=O)O)C3)nn1-c1ccc([N+](=O)[O-])c2c1CCCC2. The highest BCUT2D eigenvalue weighted by molar-refractivity contribution is 5.95. The first kappa shape index (κ1) is 28.4. The Morgan fingerprint density at radius 3 is 2.30 bits per heavy atom. The molecular formula is C33H36N4O7. The number of fused-ring (bicyclic) bond motifs is 1. The minimum Gasteiger partial charge on any atom is -0.496 e. The number of aliphatic carboxylic acids is 1. The number of nitrogens with zero attached hydrogens (tertiary/aromatic N) is 3. The molecule has 4 saturated carbocycles. The van der Waals surface area contributed by atoms with Crippen LogP contribution in [0.3, 0.4) is 0 Å². The number of benzene rings is 2. The van der Waals surface area contributed by atoms with E-state index in [1.807, 2.05) is 6.07 Å². The Kier molecular flexibility index (Phi) is 6.86. The van der Waals surface area contributed by atoms with E-state index in [1.54, 1.807) is 43.2 Å². The second kappa shape index (κ2) is 10.6. The van der Waals surface area contributed by atoms with Crippen LogP contribution in [0.5, 0.6) is 11.5 Å². The molecule has 0 spiro atoms. The zero-order chi connectivity index (χ0) is 30.7. The molecule has 3 unspecified atom stereocenters. The van der Waals surface area contributed by atoms with Gasteiger partial charge >= 0.3 is 5.97 Å². The van der Waals surface area contributed by atoms with Crippen LogP contribution in [0.1, 0.15) is 66.6 Å². The smallest absolute Gasteiger partial charge is 0.309 e. The van der Waals surface area contributed by atoms with Gasteiger partial charge in [-0.15, -0.1) is 0 Å². The lowest BCUT2D eigenvalue weighted by Gasteiger charge is -2.59. The number of nitro benzene ring substituents is 1. The van der Waals surface area contributed by atoms with Gasteiger partial charge in [0.1, 0.15) is 11.5 Å². The van der Waals surface area contributed by atoms with Gasteiger partial charge in [-0.25, -0.2) is 4.68 Å². The Morgan fingerprint density at radius 2 is 1.68 bits per heavy atom. The number of ether oxygens (including phenoxy) is 2. The molecule has 8 rings (SSSR count). The number of carbonyl (C=O) groups is 2. The van der Waals surface area contributed by atoms with Crippen molar-refractivity contribution < 1.29 is 29.1 Å². The molecule has 1 amide bonds. The van der Waals surface area contributed by atoms with E-state index < -0.39 is 23.3 Å². The van der Waals surface area contributed by atoms with Crippen LogP contribution in [0.2, 0.25) is 0 Å². The van der Waals surface area contributed by atoms with Gasteiger partial charge in [0.15, 0.2) is 5.69 Å². The molecule has 3 atom stereocenters. The number of hydrogen-bond acceptors (Lipinski definition) is 7. The largest absolute Gasteiger partial charge is 0.496 e. The number of carboxylic acids is 1. The fourth-order valence-corrected chi connectivity index (χ4v) is 9.11. The van der Waals surface area contributed by atoms with E-state index in [-0.39, 0.29) is 22.2 Å². The number of carboxylic acid groups (broad SMARTS) is 1. The van der Waals surface area contributed by atoms with Gasteiger partial charge in [-0.2, -0.15) is 5.10 Å². The third-order valence-electron chi connectivity index (χ3n) is 10.5. The summed E-state index contributed by atoms with van der Waals surface area (Å²) in [6.07, 6.45) is 7.19. The van der Waals surface area contributed by atoms with Crippen molar-refractivity contribution in [1.29, 1.82) is 0 Å². The Labute approximate surface area is 254 Å². The molecule has 230 valence electrons. The van der Waals surface area contributed by atoms with Gasteiger partial charge in [0.05, 0.1) is 47.5 Å². The summed E-state index contributed by atoms with van der Waals surface area (Å²) in [6, 6.07) is 10.3. The third kappa shape index (κ3) is 4.43. The van der Waals surface area contributed by atoms with E-state index in [9.17, 15) is 24.8 Å². The molecule has 11 heteroatoms. The summed E-state index contributed by atoms with van der Waals surface area (Å²) in [6.45, 7) is 0. The molecule has 11 nitrogen and oxygen atoms in total. The Balaban J connectivity index is 1.37. The molecule has 5 aliphatic rings. The zero-order valence-electron chi connectivity index (χ0n) is 24.9. The van der Waals surface area contributed by atoms with Crippen molar-refractivity contribution in [3.8, 4) is 28.4 Å². The molecule has 0 aliphatic heterocycles. The van der Waals surface area contributed by atoms with Gasteiger partial charge in [0, 0.05) is 11.6 Å².